The summed E-state index contributed by atoms with van der Waals surface area (Å²) in [5.74, 6) is -0.110. The lowest BCUT2D eigenvalue weighted by molar-refractivity contribution is 0.0933. The second-order valence-corrected chi connectivity index (χ2v) is 9.36. The van der Waals surface area contributed by atoms with Crippen molar-refractivity contribution in [2.75, 3.05) is 0 Å². The number of hydrogen-bond acceptors (Lipinski definition) is 3. The van der Waals surface area contributed by atoms with Gasteiger partial charge in [0.1, 0.15) is 0 Å². The summed E-state index contributed by atoms with van der Waals surface area (Å²) in [5, 5.41) is 3.10. The first-order chi connectivity index (χ1) is 12.5. The summed E-state index contributed by atoms with van der Waals surface area (Å²) in [6.45, 7) is 0. The van der Waals surface area contributed by atoms with Gasteiger partial charge >= 0.3 is 0 Å². The van der Waals surface area contributed by atoms with E-state index in [2.05, 4.69) is 10.0 Å². The predicted molar refractivity (Wildman–Crippen MR) is 103 cm³/mol. The van der Waals surface area contributed by atoms with Gasteiger partial charge in [-0.2, -0.15) is 0 Å². The zero-order valence-electron chi connectivity index (χ0n) is 15.4. The Hall–Kier alpha value is -1.40. The highest BCUT2D eigenvalue weighted by atomic mass is 32.2. The maximum atomic E-state index is 12.5. The Morgan fingerprint density at radius 3 is 1.85 bits per heavy atom. The Kier molecular flexibility index (Phi) is 6.70. The molecule has 6 heteroatoms. The van der Waals surface area contributed by atoms with Gasteiger partial charge in [-0.15, -0.1) is 0 Å². The number of carbonyl (C=O) groups excluding carboxylic acids is 1. The lowest BCUT2D eigenvalue weighted by Crippen LogP contribution is -2.36. The molecule has 0 unspecified atom stereocenters. The van der Waals surface area contributed by atoms with Gasteiger partial charge in [0.2, 0.25) is 10.0 Å². The van der Waals surface area contributed by atoms with Gasteiger partial charge in [-0.3, -0.25) is 4.79 Å². The minimum absolute atomic E-state index is 0.0342. The Labute approximate surface area is 157 Å². The number of amides is 1. The second-order valence-electron chi connectivity index (χ2n) is 7.64. The molecule has 0 aliphatic heterocycles. The molecule has 0 heterocycles. The maximum Gasteiger partial charge on any atom is 0.251 e. The smallest absolute Gasteiger partial charge is 0.251 e. The highest BCUT2D eigenvalue weighted by molar-refractivity contribution is 7.89. The topological polar surface area (TPSA) is 75.3 Å². The van der Waals surface area contributed by atoms with Gasteiger partial charge in [-0.25, -0.2) is 13.1 Å². The fourth-order valence-electron chi connectivity index (χ4n) is 3.99. The van der Waals surface area contributed by atoms with E-state index in [1.54, 1.807) is 12.1 Å². The van der Waals surface area contributed by atoms with E-state index in [1.165, 1.54) is 31.4 Å². The van der Waals surface area contributed by atoms with Crippen LogP contribution in [-0.2, 0) is 10.0 Å². The molecule has 0 bridgehead atoms. The van der Waals surface area contributed by atoms with Crippen molar-refractivity contribution in [3.05, 3.63) is 29.8 Å². The lowest BCUT2D eigenvalue weighted by atomic mass is 9.96. The van der Waals surface area contributed by atoms with E-state index in [9.17, 15) is 13.2 Å². The Balaban J connectivity index is 1.60. The van der Waals surface area contributed by atoms with Gasteiger partial charge in [-0.05, 0) is 49.9 Å². The molecule has 0 spiro atoms. The molecule has 2 aliphatic carbocycles. The van der Waals surface area contributed by atoms with Crippen LogP contribution in [0.2, 0.25) is 0 Å². The van der Waals surface area contributed by atoms with E-state index in [1.807, 2.05) is 0 Å². The summed E-state index contributed by atoms with van der Waals surface area (Å²) in [4.78, 5) is 12.7. The van der Waals surface area contributed by atoms with Crippen molar-refractivity contribution in [2.24, 2.45) is 0 Å². The number of carbonyl (C=O) groups is 1. The third kappa shape index (κ3) is 5.30. The van der Waals surface area contributed by atoms with E-state index >= 15 is 0 Å². The van der Waals surface area contributed by atoms with Crippen LogP contribution in [0.25, 0.3) is 0 Å². The first kappa shape index (κ1) is 19.4. The van der Waals surface area contributed by atoms with Crippen molar-refractivity contribution in [1.29, 1.82) is 0 Å². The van der Waals surface area contributed by atoms with Crippen molar-refractivity contribution in [2.45, 2.75) is 87.6 Å². The van der Waals surface area contributed by atoms with Crippen LogP contribution >= 0.6 is 0 Å². The quantitative estimate of drug-likeness (QED) is 0.766. The number of rotatable bonds is 5. The van der Waals surface area contributed by atoms with Crippen LogP contribution < -0.4 is 10.0 Å². The summed E-state index contributed by atoms with van der Waals surface area (Å²) < 4.78 is 27.9. The minimum Gasteiger partial charge on any atom is -0.349 e. The maximum absolute atomic E-state index is 12.5. The van der Waals surface area contributed by atoms with Gasteiger partial charge < -0.3 is 5.32 Å². The van der Waals surface area contributed by atoms with Gasteiger partial charge in [0.25, 0.3) is 5.91 Å². The van der Waals surface area contributed by atoms with Crippen LogP contribution in [0.1, 0.15) is 81.0 Å². The van der Waals surface area contributed by atoms with Crippen LogP contribution in [-0.4, -0.2) is 26.4 Å². The lowest BCUT2D eigenvalue weighted by Gasteiger charge is -2.22. The molecule has 2 aliphatic rings. The molecule has 5 nitrogen and oxygen atoms in total. The molecule has 0 saturated heterocycles. The van der Waals surface area contributed by atoms with Crippen LogP contribution in [0.4, 0.5) is 0 Å². The van der Waals surface area contributed by atoms with Gasteiger partial charge in [0, 0.05) is 17.6 Å². The molecule has 1 aromatic rings. The minimum atomic E-state index is -3.52. The Morgan fingerprint density at radius 1 is 0.769 bits per heavy atom. The predicted octanol–water partition coefficient (Wildman–Crippen LogP) is 3.75. The summed E-state index contributed by atoms with van der Waals surface area (Å²) in [7, 11) is -3.52. The van der Waals surface area contributed by atoms with Crippen LogP contribution in [0, 0.1) is 0 Å². The number of nitrogens with one attached hydrogen (secondary N) is 2. The molecule has 0 aromatic heterocycles. The van der Waals surface area contributed by atoms with Crippen LogP contribution in [0.3, 0.4) is 0 Å². The number of hydrogen-bond donors (Lipinski definition) is 2. The standard InChI is InChI=1S/C20H30N2O3S/c23-20(21-17-8-4-1-2-5-9-17)16-12-14-19(15-13-16)26(24,25)22-18-10-6-3-7-11-18/h12-15,17-18,22H,1-11H2,(H,21,23). The molecule has 26 heavy (non-hydrogen) atoms. The summed E-state index contributed by atoms with van der Waals surface area (Å²) in [6.07, 6.45) is 12.0. The zero-order chi connectivity index (χ0) is 18.4. The zero-order valence-corrected chi connectivity index (χ0v) is 16.2. The highest BCUT2D eigenvalue weighted by Gasteiger charge is 2.22. The molecule has 3 rings (SSSR count). The average molecular weight is 379 g/mol. The first-order valence-corrected chi connectivity index (χ1v) is 11.5. The van der Waals surface area contributed by atoms with Crippen LogP contribution in [0.5, 0.6) is 0 Å². The Bertz CT molecular complexity index is 686. The van der Waals surface area contributed by atoms with Crippen molar-refractivity contribution in [1.82, 2.24) is 10.0 Å². The molecule has 1 aromatic carbocycles. The average Bonchev–Trinajstić information content (AvgIpc) is 2.91. The van der Waals surface area contributed by atoms with E-state index in [4.69, 9.17) is 0 Å². The molecule has 0 atom stereocenters. The molecule has 2 fully saturated rings. The highest BCUT2D eigenvalue weighted by Crippen LogP contribution is 2.21. The fourth-order valence-corrected chi connectivity index (χ4v) is 5.29. The van der Waals surface area contributed by atoms with Gasteiger partial charge in [0.15, 0.2) is 0 Å². The molecule has 2 N–H and O–H groups in total. The fraction of sp³-hybridized carbons (Fsp3) is 0.650. The van der Waals surface area contributed by atoms with Crippen LogP contribution in [0.15, 0.2) is 29.2 Å². The molecule has 144 valence electrons. The van der Waals surface area contributed by atoms with Crippen molar-refractivity contribution < 1.29 is 13.2 Å². The van der Waals surface area contributed by atoms with Crippen molar-refractivity contribution >= 4 is 15.9 Å². The third-order valence-electron chi connectivity index (χ3n) is 5.54. The molecule has 1 amide bonds. The monoisotopic (exact) mass is 378 g/mol. The summed E-state index contributed by atoms with van der Waals surface area (Å²) >= 11 is 0. The normalized spacial score (nSPS) is 20.5. The van der Waals surface area contributed by atoms with E-state index in [0.29, 0.717) is 5.56 Å². The number of sulfonamides is 1. The number of benzene rings is 1. The molecule has 2 saturated carbocycles. The van der Waals surface area contributed by atoms with Gasteiger partial charge in [-0.1, -0.05) is 44.9 Å². The SMILES string of the molecule is O=C(NC1CCCCCC1)c1ccc(S(=O)(=O)NC2CCCCC2)cc1. The van der Waals surface area contributed by atoms with E-state index in [0.717, 1.165) is 51.4 Å². The van der Waals surface area contributed by atoms with Crippen molar-refractivity contribution in [3.8, 4) is 0 Å². The summed E-state index contributed by atoms with van der Waals surface area (Å²) in [6, 6.07) is 6.57. The second kappa shape index (κ2) is 9.00. The summed E-state index contributed by atoms with van der Waals surface area (Å²) in [5.41, 5.74) is 0.519. The van der Waals surface area contributed by atoms with E-state index in [-0.39, 0.29) is 22.9 Å². The van der Waals surface area contributed by atoms with Gasteiger partial charge in [0.05, 0.1) is 4.90 Å². The van der Waals surface area contributed by atoms with Crippen molar-refractivity contribution in [3.63, 3.8) is 0 Å². The largest absolute Gasteiger partial charge is 0.349 e. The molecule has 0 radical (unpaired) electrons. The third-order valence-corrected chi connectivity index (χ3v) is 7.08. The molecular formula is C20H30N2O3S. The Morgan fingerprint density at radius 2 is 1.27 bits per heavy atom. The first-order valence-electron chi connectivity index (χ1n) is 9.98. The van der Waals surface area contributed by atoms with E-state index < -0.39 is 10.0 Å². The molecular weight excluding hydrogens is 348 g/mol.